The van der Waals surface area contributed by atoms with E-state index in [4.69, 9.17) is 14.2 Å². The topological polar surface area (TPSA) is 27.7 Å². The van der Waals surface area contributed by atoms with E-state index in [1.807, 2.05) is 0 Å². The van der Waals surface area contributed by atoms with Crippen molar-refractivity contribution in [3.8, 4) is 0 Å². The van der Waals surface area contributed by atoms with Gasteiger partial charge in [0.2, 0.25) is 0 Å². The van der Waals surface area contributed by atoms with Crippen LogP contribution in [-0.2, 0) is 14.2 Å². The molecule has 0 aromatic heterocycles. The van der Waals surface area contributed by atoms with Crippen LogP contribution in [0.1, 0.15) is 71.1 Å². The van der Waals surface area contributed by atoms with Gasteiger partial charge in [0.15, 0.2) is 0 Å². The van der Waals surface area contributed by atoms with E-state index in [1.54, 1.807) is 7.11 Å². The lowest BCUT2D eigenvalue weighted by molar-refractivity contribution is -0.0509. The molecule has 116 valence electrons. The van der Waals surface area contributed by atoms with Crippen LogP contribution in [0.5, 0.6) is 0 Å². The van der Waals surface area contributed by atoms with Crippen molar-refractivity contribution in [3.05, 3.63) is 0 Å². The van der Waals surface area contributed by atoms with Gasteiger partial charge in [-0.3, -0.25) is 0 Å². The van der Waals surface area contributed by atoms with Crippen molar-refractivity contribution in [2.75, 3.05) is 33.7 Å². The molecule has 0 radical (unpaired) electrons. The monoisotopic (exact) mass is 274 g/mol. The van der Waals surface area contributed by atoms with Crippen molar-refractivity contribution in [3.63, 3.8) is 0 Å². The van der Waals surface area contributed by atoms with E-state index in [-0.39, 0.29) is 0 Å². The van der Waals surface area contributed by atoms with Crippen LogP contribution < -0.4 is 0 Å². The molecule has 19 heavy (non-hydrogen) atoms. The molecule has 0 rings (SSSR count). The maximum absolute atomic E-state index is 5.47. The normalized spacial score (nSPS) is 11.1. The van der Waals surface area contributed by atoms with E-state index < -0.39 is 0 Å². The lowest BCUT2D eigenvalue weighted by Crippen LogP contribution is -2.06. The molecule has 0 saturated heterocycles. The lowest BCUT2D eigenvalue weighted by Gasteiger charge is -2.05. The molecule has 0 N–H and O–H groups in total. The lowest BCUT2D eigenvalue weighted by atomic mass is 10.1. The van der Waals surface area contributed by atoms with Crippen LogP contribution in [0.4, 0.5) is 0 Å². The van der Waals surface area contributed by atoms with Gasteiger partial charge in [0.25, 0.3) is 0 Å². The van der Waals surface area contributed by atoms with Crippen LogP contribution in [0.2, 0.25) is 0 Å². The van der Waals surface area contributed by atoms with E-state index in [9.17, 15) is 0 Å². The van der Waals surface area contributed by atoms with Crippen molar-refractivity contribution in [2.24, 2.45) is 0 Å². The largest absolute Gasteiger partial charge is 0.379 e. The van der Waals surface area contributed by atoms with Crippen LogP contribution in [0, 0.1) is 0 Å². The summed E-state index contributed by atoms with van der Waals surface area (Å²) >= 11 is 0. The maximum Gasteiger partial charge on any atom is 0.146 e. The zero-order chi connectivity index (χ0) is 14.0. The summed E-state index contributed by atoms with van der Waals surface area (Å²) < 4.78 is 15.4. The van der Waals surface area contributed by atoms with Crippen molar-refractivity contribution in [2.45, 2.75) is 71.1 Å². The molecule has 3 heteroatoms. The van der Waals surface area contributed by atoms with Gasteiger partial charge < -0.3 is 14.2 Å². The predicted molar refractivity (Wildman–Crippen MR) is 80.5 cm³/mol. The Kier molecular flexibility index (Phi) is 17.8. The van der Waals surface area contributed by atoms with Gasteiger partial charge in [0, 0.05) is 13.7 Å². The molecule has 3 nitrogen and oxygen atoms in total. The maximum atomic E-state index is 5.47. The summed E-state index contributed by atoms with van der Waals surface area (Å²) in [5.41, 5.74) is 0. The summed E-state index contributed by atoms with van der Waals surface area (Å²) in [6.45, 7) is 4.81. The van der Waals surface area contributed by atoms with Crippen molar-refractivity contribution >= 4 is 0 Å². The van der Waals surface area contributed by atoms with Gasteiger partial charge in [-0.1, -0.05) is 64.7 Å². The van der Waals surface area contributed by atoms with Gasteiger partial charge in [0.05, 0.1) is 13.2 Å². The fourth-order valence-electron chi connectivity index (χ4n) is 2.05. The molecule has 0 aliphatic heterocycles. The Balaban J connectivity index is 2.88. The molecule has 0 fully saturated rings. The van der Waals surface area contributed by atoms with Gasteiger partial charge >= 0.3 is 0 Å². The molecule has 0 spiro atoms. The molecule has 0 aromatic carbocycles. The highest BCUT2D eigenvalue weighted by atomic mass is 16.7. The molecule has 0 unspecified atom stereocenters. The Hall–Kier alpha value is -0.120. The first-order valence-corrected chi connectivity index (χ1v) is 8.06. The minimum absolute atomic E-state index is 0.363. The number of methoxy groups -OCH3 is 1. The highest BCUT2D eigenvalue weighted by Gasteiger charge is 1.93. The van der Waals surface area contributed by atoms with Gasteiger partial charge in [0.1, 0.15) is 6.79 Å². The fraction of sp³-hybridized carbons (Fsp3) is 1.00. The Labute approximate surface area is 120 Å². The van der Waals surface area contributed by atoms with Crippen molar-refractivity contribution < 1.29 is 14.2 Å². The Morgan fingerprint density at radius 2 is 1.11 bits per heavy atom. The summed E-state index contributed by atoms with van der Waals surface area (Å²) in [6, 6.07) is 0. The number of hydrogen-bond acceptors (Lipinski definition) is 3. The second-order valence-electron chi connectivity index (χ2n) is 5.11. The standard InChI is InChI=1S/C16H34O3/c1-3-4-5-6-7-8-9-10-11-12-13-18-14-15-19-16-17-2/h3-16H2,1-2H3. The van der Waals surface area contributed by atoms with Gasteiger partial charge in [-0.15, -0.1) is 0 Å². The van der Waals surface area contributed by atoms with Crippen molar-refractivity contribution in [1.82, 2.24) is 0 Å². The van der Waals surface area contributed by atoms with E-state index in [0.717, 1.165) is 6.61 Å². The van der Waals surface area contributed by atoms with Crippen LogP contribution >= 0.6 is 0 Å². The first-order valence-electron chi connectivity index (χ1n) is 8.06. The van der Waals surface area contributed by atoms with Crippen molar-refractivity contribution in [1.29, 1.82) is 0 Å². The van der Waals surface area contributed by atoms with Crippen LogP contribution in [0.3, 0.4) is 0 Å². The molecule has 0 aliphatic rings. The van der Waals surface area contributed by atoms with Gasteiger partial charge in [-0.25, -0.2) is 0 Å². The first-order chi connectivity index (χ1) is 9.41. The van der Waals surface area contributed by atoms with Gasteiger partial charge in [-0.05, 0) is 6.42 Å². The Bertz CT molecular complexity index is 135. The number of hydrogen-bond donors (Lipinski definition) is 0. The fourth-order valence-corrected chi connectivity index (χ4v) is 2.05. The molecule has 0 heterocycles. The average molecular weight is 274 g/mol. The SMILES string of the molecule is CCCCCCCCCCCCOCCOCOC. The Morgan fingerprint density at radius 1 is 0.579 bits per heavy atom. The quantitative estimate of drug-likeness (QED) is 0.305. The predicted octanol–water partition coefficient (Wildman–Crippen LogP) is 4.54. The first kappa shape index (κ1) is 18.9. The number of ether oxygens (including phenoxy) is 3. The second kappa shape index (κ2) is 17.9. The van der Waals surface area contributed by atoms with Crippen LogP contribution in [-0.4, -0.2) is 33.7 Å². The zero-order valence-corrected chi connectivity index (χ0v) is 13.1. The third-order valence-electron chi connectivity index (χ3n) is 3.22. The highest BCUT2D eigenvalue weighted by molar-refractivity contribution is 4.47. The average Bonchev–Trinajstić information content (AvgIpc) is 2.43. The zero-order valence-electron chi connectivity index (χ0n) is 13.1. The number of rotatable bonds is 16. The summed E-state index contributed by atoms with van der Waals surface area (Å²) in [6.07, 6.45) is 13.7. The van der Waals surface area contributed by atoms with Gasteiger partial charge in [-0.2, -0.15) is 0 Å². The minimum Gasteiger partial charge on any atom is -0.379 e. The van der Waals surface area contributed by atoms with Crippen LogP contribution in [0.15, 0.2) is 0 Å². The summed E-state index contributed by atoms with van der Waals surface area (Å²) in [5, 5.41) is 0. The minimum atomic E-state index is 0.363. The molecule has 0 bridgehead atoms. The highest BCUT2D eigenvalue weighted by Crippen LogP contribution is 2.10. The molecule has 0 aromatic rings. The molecule has 0 atom stereocenters. The summed E-state index contributed by atoms with van der Waals surface area (Å²) in [4.78, 5) is 0. The second-order valence-corrected chi connectivity index (χ2v) is 5.11. The smallest absolute Gasteiger partial charge is 0.146 e. The van der Waals surface area contributed by atoms with E-state index in [0.29, 0.717) is 20.0 Å². The van der Waals surface area contributed by atoms with E-state index >= 15 is 0 Å². The molecular weight excluding hydrogens is 240 g/mol. The molecule has 0 aliphatic carbocycles. The van der Waals surface area contributed by atoms with E-state index in [1.165, 1.54) is 64.2 Å². The molecule has 0 amide bonds. The third kappa shape index (κ3) is 17.9. The van der Waals surface area contributed by atoms with E-state index in [2.05, 4.69) is 6.92 Å². The number of unbranched alkanes of at least 4 members (excludes halogenated alkanes) is 9. The van der Waals surface area contributed by atoms with Crippen LogP contribution in [0.25, 0.3) is 0 Å². The summed E-state index contributed by atoms with van der Waals surface area (Å²) in [5.74, 6) is 0. The Morgan fingerprint density at radius 3 is 1.68 bits per heavy atom. The third-order valence-corrected chi connectivity index (χ3v) is 3.22. The molecule has 0 saturated carbocycles. The molecular formula is C16H34O3. The summed E-state index contributed by atoms with van der Waals surface area (Å²) in [7, 11) is 1.63.